The molecular weight excluding hydrogens is 351 g/mol. The Kier molecular flexibility index (Phi) is 5.18. The van der Waals surface area contributed by atoms with E-state index in [2.05, 4.69) is 20.8 Å². The Labute approximate surface area is 153 Å². The highest BCUT2D eigenvalue weighted by Crippen LogP contribution is 2.18. The molecule has 27 heavy (non-hydrogen) atoms. The fraction of sp³-hybridized carbons (Fsp3) is 0.0556. The molecule has 3 aromatic rings. The molecule has 0 atom stereocenters. The maximum atomic E-state index is 13.0. The van der Waals surface area contributed by atoms with Crippen LogP contribution in [-0.2, 0) is 11.3 Å². The Morgan fingerprint density at radius 2 is 1.85 bits per heavy atom. The quantitative estimate of drug-likeness (QED) is 0.720. The molecule has 3 rings (SSSR count). The Bertz CT molecular complexity index is 1020. The van der Waals surface area contributed by atoms with Crippen LogP contribution in [0, 0.1) is 17.1 Å². The molecule has 0 aliphatic carbocycles. The molecule has 1 heterocycles. The van der Waals surface area contributed by atoms with E-state index in [1.165, 1.54) is 35.2 Å². The van der Waals surface area contributed by atoms with Crippen LogP contribution < -0.4 is 10.6 Å². The molecule has 9 heteroatoms. The average molecular weight is 364 g/mol. The summed E-state index contributed by atoms with van der Waals surface area (Å²) in [7, 11) is 0. The molecule has 0 aliphatic rings. The van der Waals surface area contributed by atoms with Crippen molar-refractivity contribution in [1.82, 2.24) is 14.8 Å². The number of aromatic nitrogens is 3. The highest BCUT2D eigenvalue weighted by atomic mass is 19.1. The molecule has 0 radical (unpaired) electrons. The van der Waals surface area contributed by atoms with Gasteiger partial charge in [0.1, 0.15) is 24.8 Å². The summed E-state index contributed by atoms with van der Waals surface area (Å²) in [6.07, 6.45) is 1.27. The van der Waals surface area contributed by atoms with Crippen molar-refractivity contribution in [1.29, 1.82) is 5.26 Å². The molecule has 0 aliphatic heterocycles. The minimum Gasteiger partial charge on any atom is -0.324 e. The zero-order valence-electron chi connectivity index (χ0n) is 13.9. The Morgan fingerprint density at radius 3 is 2.59 bits per heavy atom. The summed E-state index contributed by atoms with van der Waals surface area (Å²) < 4.78 is 14.3. The molecule has 1 aromatic heterocycles. The summed E-state index contributed by atoms with van der Waals surface area (Å²) in [6.45, 7) is -0.177. The van der Waals surface area contributed by atoms with Crippen molar-refractivity contribution in [2.45, 2.75) is 6.54 Å². The second-order valence-corrected chi connectivity index (χ2v) is 5.45. The van der Waals surface area contributed by atoms with Gasteiger partial charge in [0.25, 0.3) is 5.91 Å². The number of nitrogens with one attached hydrogen (secondary N) is 2. The van der Waals surface area contributed by atoms with Crippen LogP contribution in [0.4, 0.5) is 15.8 Å². The molecule has 2 N–H and O–H groups in total. The smallest absolute Gasteiger partial charge is 0.257 e. The standard InChI is InChI=1S/C18H13FN6O2/c19-12-5-7-13(8-6-12)22-18(27)14-3-1-2-4-15(14)23-17(26)10-25-11-21-24-16(25)9-20/h1-8,11H,10H2,(H,22,27)(H,23,26). The molecule has 8 nitrogen and oxygen atoms in total. The van der Waals surface area contributed by atoms with Crippen molar-refractivity contribution in [3.63, 3.8) is 0 Å². The molecule has 2 aromatic carbocycles. The second-order valence-electron chi connectivity index (χ2n) is 5.45. The summed E-state index contributed by atoms with van der Waals surface area (Å²) >= 11 is 0. The van der Waals surface area contributed by atoms with Gasteiger partial charge in [-0.05, 0) is 36.4 Å². The van der Waals surface area contributed by atoms with Crippen molar-refractivity contribution < 1.29 is 14.0 Å². The molecular formula is C18H13FN6O2. The molecule has 0 unspecified atom stereocenters. The van der Waals surface area contributed by atoms with E-state index < -0.39 is 17.6 Å². The lowest BCUT2D eigenvalue weighted by molar-refractivity contribution is -0.116. The zero-order valence-corrected chi connectivity index (χ0v) is 13.9. The van der Waals surface area contributed by atoms with Gasteiger partial charge in [-0.2, -0.15) is 5.26 Å². The van der Waals surface area contributed by atoms with Crippen LogP contribution in [0.25, 0.3) is 0 Å². The molecule has 0 saturated carbocycles. The number of halogens is 1. The molecule has 0 bridgehead atoms. The van der Waals surface area contributed by atoms with E-state index in [9.17, 15) is 14.0 Å². The van der Waals surface area contributed by atoms with E-state index >= 15 is 0 Å². The fourth-order valence-corrected chi connectivity index (χ4v) is 2.32. The second kappa shape index (κ2) is 7.88. The lowest BCUT2D eigenvalue weighted by Crippen LogP contribution is -2.22. The third-order valence-corrected chi connectivity index (χ3v) is 3.58. The maximum absolute atomic E-state index is 13.0. The van der Waals surface area contributed by atoms with Gasteiger partial charge in [-0.15, -0.1) is 10.2 Å². The van der Waals surface area contributed by atoms with E-state index in [0.29, 0.717) is 11.4 Å². The first-order valence-corrected chi connectivity index (χ1v) is 7.80. The van der Waals surface area contributed by atoms with Crippen molar-refractivity contribution in [2.75, 3.05) is 10.6 Å². The number of anilines is 2. The van der Waals surface area contributed by atoms with E-state index in [-0.39, 0.29) is 17.9 Å². The summed E-state index contributed by atoms with van der Waals surface area (Å²) in [5.74, 6) is -1.31. The predicted octanol–water partition coefficient (Wildman–Crippen LogP) is 2.18. The first-order valence-electron chi connectivity index (χ1n) is 7.80. The lowest BCUT2D eigenvalue weighted by Gasteiger charge is -2.12. The van der Waals surface area contributed by atoms with Crippen LogP contribution in [-0.4, -0.2) is 26.6 Å². The van der Waals surface area contributed by atoms with Gasteiger partial charge in [-0.1, -0.05) is 12.1 Å². The van der Waals surface area contributed by atoms with Gasteiger partial charge in [0.2, 0.25) is 11.7 Å². The first kappa shape index (κ1) is 17.8. The molecule has 0 spiro atoms. The number of carbonyl (C=O) groups is 2. The van der Waals surface area contributed by atoms with E-state index in [1.807, 2.05) is 6.07 Å². The number of amides is 2. The monoisotopic (exact) mass is 364 g/mol. The molecule has 2 amide bonds. The summed E-state index contributed by atoms with van der Waals surface area (Å²) in [6, 6.07) is 13.6. The number of nitrogens with zero attached hydrogens (tertiary/aromatic N) is 4. The zero-order chi connectivity index (χ0) is 19.2. The fourth-order valence-electron chi connectivity index (χ4n) is 2.32. The number of para-hydroxylation sites is 1. The Balaban J connectivity index is 1.73. The van der Waals surface area contributed by atoms with E-state index in [0.717, 1.165) is 0 Å². The topological polar surface area (TPSA) is 113 Å². The minimum absolute atomic E-state index is 0.00693. The van der Waals surface area contributed by atoms with Crippen LogP contribution in [0.15, 0.2) is 54.9 Å². The lowest BCUT2D eigenvalue weighted by atomic mass is 10.1. The number of hydrogen-bond donors (Lipinski definition) is 2. The highest BCUT2D eigenvalue weighted by Gasteiger charge is 2.15. The highest BCUT2D eigenvalue weighted by molar-refractivity contribution is 6.10. The normalized spacial score (nSPS) is 10.1. The minimum atomic E-state index is -0.459. The van der Waals surface area contributed by atoms with Crippen molar-refractivity contribution in [3.05, 3.63) is 72.1 Å². The Hall–Kier alpha value is -4.06. The molecule has 0 fully saturated rings. The van der Waals surface area contributed by atoms with Gasteiger partial charge < -0.3 is 10.6 Å². The van der Waals surface area contributed by atoms with E-state index in [1.54, 1.807) is 24.3 Å². The largest absolute Gasteiger partial charge is 0.324 e. The Morgan fingerprint density at radius 1 is 1.11 bits per heavy atom. The first-order chi connectivity index (χ1) is 13.1. The average Bonchev–Trinajstić information content (AvgIpc) is 3.11. The van der Waals surface area contributed by atoms with Gasteiger partial charge in [0.15, 0.2) is 0 Å². The van der Waals surface area contributed by atoms with Gasteiger partial charge in [-0.25, -0.2) is 4.39 Å². The predicted molar refractivity (Wildman–Crippen MR) is 94.2 cm³/mol. The molecule has 134 valence electrons. The number of hydrogen-bond acceptors (Lipinski definition) is 5. The van der Waals surface area contributed by atoms with Gasteiger partial charge in [0, 0.05) is 5.69 Å². The van der Waals surface area contributed by atoms with Crippen LogP contribution in [0.2, 0.25) is 0 Å². The van der Waals surface area contributed by atoms with Crippen molar-refractivity contribution in [3.8, 4) is 6.07 Å². The third-order valence-electron chi connectivity index (χ3n) is 3.58. The summed E-state index contributed by atoms with van der Waals surface area (Å²) in [5.41, 5.74) is 0.957. The van der Waals surface area contributed by atoms with E-state index in [4.69, 9.17) is 5.26 Å². The van der Waals surface area contributed by atoms with Gasteiger partial charge in [0.05, 0.1) is 11.3 Å². The number of carbonyl (C=O) groups excluding carboxylic acids is 2. The summed E-state index contributed by atoms with van der Waals surface area (Å²) in [5, 5.41) is 21.3. The van der Waals surface area contributed by atoms with Crippen molar-refractivity contribution in [2.24, 2.45) is 0 Å². The van der Waals surface area contributed by atoms with Crippen LogP contribution >= 0.6 is 0 Å². The van der Waals surface area contributed by atoms with Crippen LogP contribution in [0.3, 0.4) is 0 Å². The molecule has 0 saturated heterocycles. The van der Waals surface area contributed by atoms with Gasteiger partial charge in [-0.3, -0.25) is 14.2 Å². The van der Waals surface area contributed by atoms with Crippen LogP contribution in [0.5, 0.6) is 0 Å². The number of nitriles is 1. The van der Waals surface area contributed by atoms with Crippen LogP contribution in [0.1, 0.15) is 16.2 Å². The van der Waals surface area contributed by atoms with Gasteiger partial charge >= 0.3 is 0 Å². The van der Waals surface area contributed by atoms with Crippen molar-refractivity contribution >= 4 is 23.2 Å². The number of rotatable bonds is 5. The third kappa shape index (κ3) is 4.32. The number of benzene rings is 2. The maximum Gasteiger partial charge on any atom is 0.257 e. The SMILES string of the molecule is N#Cc1nncn1CC(=O)Nc1ccccc1C(=O)Nc1ccc(F)cc1. The summed E-state index contributed by atoms with van der Waals surface area (Å²) in [4.78, 5) is 24.7.